The molecule has 0 radical (unpaired) electrons. The van der Waals surface area contributed by atoms with Gasteiger partial charge in [-0.15, -0.1) is 0 Å². The number of carbonyl (C=O) groups is 1. The summed E-state index contributed by atoms with van der Waals surface area (Å²) in [5.41, 5.74) is 6.35. The molecule has 3 N–H and O–H groups in total. The third-order valence-corrected chi connectivity index (χ3v) is 2.71. The molecule has 1 atom stereocenters. The summed E-state index contributed by atoms with van der Waals surface area (Å²) in [5.74, 6) is 0.000314. The molecule has 4 heteroatoms. The number of amides is 1. The fourth-order valence-corrected chi connectivity index (χ4v) is 1.69. The van der Waals surface area contributed by atoms with E-state index >= 15 is 0 Å². The second kappa shape index (κ2) is 6.02. The van der Waals surface area contributed by atoms with Crippen molar-refractivity contribution in [1.82, 2.24) is 0 Å². The van der Waals surface area contributed by atoms with E-state index in [2.05, 4.69) is 0 Å². The highest BCUT2D eigenvalue weighted by Gasteiger charge is 2.08. The van der Waals surface area contributed by atoms with Crippen LogP contribution in [0.3, 0.4) is 0 Å². The maximum absolute atomic E-state index is 11.0. The first kappa shape index (κ1) is 13.1. The van der Waals surface area contributed by atoms with E-state index in [1.54, 1.807) is 24.3 Å². The molecule has 0 heterocycles. The van der Waals surface area contributed by atoms with E-state index < -0.39 is 12.0 Å². The summed E-state index contributed by atoms with van der Waals surface area (Å²) in [6.07, 6.45) is -0.710. The van der Waals surface area contributed by atoms with Crippen LogP contribution >= 0.6 is 0 Å². The van der Waals surface area contributed by atoms with Crippen LogP contribution in [-0.2, 0) is 0 Å². The maximum Gasteiger partial charge on any atom is 0.248 e. The number of ether oxygens (including phenoxy) is 1. The van der Waals surface area contributed by atoms with E-state index in [-0.39, 0.29) is 6.61 Å². The number of aliphatic hydroxyl groups excluding tert-OH is 1. The fraction of sp³-hybridized carbons (Fsp3) is 0.133. The van der Waals surface area contributed by atoms with Crippen molar-refractivity contribution in [2.45, 2.75) is 6.10 Å². The predicted octanol–water partition coefficient (Wildman–Crippen LogP) is 1.90. The molecular formula is C15H15NO3. The number of hydrogen-bond acceptors (Lipinski definition) is 3. The normalized spacial score (nSPS) is 11.8. The fourth-order valence-electron chi connectivity index (χ4n) is 1.69. The second-order valence-corrected chi connectivity index (χ2v) is 4.13. The molecule has 0 bridgehead atoms. The zero-order valence-electron chi connectivity index (χ0n) is 10.3. The molecule has 0 saturated carbocycles. The average Bonchev–Trinajstić information content (AvgIpc) is 2.46. The van der Waals surface area contributed by atoms with Gasteiger partial charge in [0.2, 0.25) is 5.91 Å². The average molecular weight is 257 g/mol. The first-order chi connectivity index (χ1) is 9.16. The van der Waals surface area contributed by atoms with Crippen molar-refractivity contribution in [3.8, 4) is 5.75 Å². The molecular weight excluding hydrogens is 242 g/mol. The second-order valence-electron chi connectivity index (χ2n) is 4.13. The molecule has 0 spiro atoms. The number of carbonyl (C=O) groups excluding carboxylic acids is 1. The van der Waals surface area contributed by atoms with E-state index in [1.165, 1.54) is 0 Å². The van der Waals surface area contributed by atoms with Gasteiger partial charge in [0, 0.05) is 5.56 Å². The molecule has 4 nitrogen and oxygen atoms in total. The first-order valence-electron chi connectivity index (χ1n) is 5.92. The zero-order valence-corrected chi connectivity index (χ0v) is 10.3. The van der Waals surface area contributed by atoms with Crippen LogP contribution in [0.25, 0.3) is 0 Å². The van der Waals surface area contributed by atoms with E-state index in [0.717, 1.165) is 5.56 Å². The Morgan fingerprint density at radius 3 is 2.58 bits per heavy atom. The van der Waals surface area contributed by atoms with Crippen molar-refractivity contribution in [2.75, 3.05) is 6.61 Å². The number of nitrogens with two attached hydrogens (primary N) is 1. The summed E-state index contributed by atoms with van der Waals surface area (Å²) in [6.45, 7) is 0.117. The van der Waals surface area contributed by atoms with Crippen molar-refractivity contribution in [1.29, 1.82) is 0 Å². The molecule has 2 aromatic carbocycles. The highest BCUT2D eigenvalue weighted by molar-refractivity contribution is 5.93. The minimum absolute atomic E-state index is 0.117. The minimum atomic E-state index is -0.710. The van der Waals surface area contributed by atoms with Gasteiger partial charge in [0.05, 0.1) is 0 Å². The summed E-state index contributed by atoms with van der Waals surface area (Å²) in [4.78, 5) is 11.0. The maximum atomic E-state index is 11.0. The summed E-state index contributed by atoms with van der Waals surface area (Å²) >= 11 is 0. The van der Waals surface area contributed by atoms with Crippen molar-refractivity contribution in [3.63, 3.8) is 0 Å². The van der Waals surface area contributed by atoms with Gasteiger partial charge >= 0.3 is 0 Å². The van der Waals surface area contributed by atoms with Gasteiger partial charge in [0.25, 0.3) is 0 Å². The molecule has 19 heavy (non-hydrogen) atoms. The van der Waals surface area contributed by atoms with E-state index in [0.29, 0.717) is 11.3 Å². The summed E-state index contributed by atoms with van der Waals surface area (Å²) in [5, 5.41) is 9.94. The van der Waals surface area contributed by atoms with Gasteiger partial charge in [-0.1, -0.05) is 36.4 Å². The molecule has 2 rings (SSSR count). The monoisotopic (exact) mass is 257 g/mol. The van der Waals surface area contributed by atoms with Gasteiger partial charge in [-0.05, 0) is 23.8 Å². The Balaban J connectivity index is 1.99. The highest BCUT2D eigenvalue weighted by Crippen LogP contribution is 2.17. The number of rotatable bonds is 5. The van der Waals surface area contributed by atoms with Gasteiger partial charge in [-0.2, -0.15) is 0 Å². The van der Waals surface area contributed by atoms with Crippen LogP contribution in [0.1, 0.15) is 22.0 Å². The van der Waals surface area contributed by atoms with Crippen LogP contribution in [0.5, 0.6) is 5.75 Å². The summed E-state index contributed by atoms with van der Waals surface area (Å²) in [6, 6.07) is 15.8. The number of primary amides is 1. The van der Waals surface area contributed by atoms with Crippen LogP contribution in [0.2, 0.25) is 0 Å². The van der Waals surface area contributed by atoms with E-state index in [1.807, 2.05) is 30.3 Å². The smallest absolute Gasteiger partial charge is 0.248 e. The molecule has 0 aromatic heterocycles. The number of hydrogen-bond donors (Lipinski definition) is 2. The predicted molar refractivity (Wildman–Crippen MR) is 71.9 cm³/mol. The Hall–Kier alpha value is -2.33. The molecule has 0 fully saturated rings. The standard InChI is InChI=1S/C15H15NO3/c16-15(18)12-7-4-8-13(9-12)19-10-14(17)11-5-2-1-3-6-11/h1-9,14,17H,10H2,(H2,16,18). The van der Waals surface area contributed by atoms with Crippen LogP contribution in [-0.4, -0.2) is 17.6 Å². The lowest BCUT2D eigenvalue weighted by atomic mass is 10.1. The molecule has 2 aromatic rings. The molecule has 0 aliphatic carbocycles. The van der Waals surface area contributed by atoms with E-state index in [4.69, 9.17) is 10.5 Å². The van der Waals surface area contributed by atoms with Crippen LogP contribution in [0.15, 0.2) is 54.6 Å². The van der Waals surface area contributed by atoms with Crippen molar-refractivity contribution in [2.24, 2.45) is 5.73 Å². The van der Waals surface area contributed by atoms with Crippen LogP contribution in [0, 0.1) is 0 Å². The first-order valence-corrected chi connectivity index (χ1v) is 5.92. The lowest BCUT2D eigenvalue weighted by molar-refractivity contribution is 0.0997. The zero-order chi connectivity index (χ0) is 13.7. The molecule has 1 unspecified atom stereocenters. The number of aliphatic hydroxyl groups is 1. The summed E-state index contributed by atoms with van der Waals surface area (Å²) in [7, 11) is 0. The van der Waals surface area contributed by atoms with Crippen LogP contribution in [0.4, 0.5) is 0 Å². The molecule has 0 aliphatic rings. The minimum Gasteiger partial charge on any atom is -0.491 e. The quantitative estimate of drug-likeness (QED) is 0.859. The van der Waals surface area contributed by atoms with Crippen molar-refractivity contribution >= 4 is 5.91 Å². The largest absolute Gasteiger partial charge is 0.491 e. The van der Waals surface area contributed by atoms with Gasteiger partial charge in [0.1, 0.15) is 18.5 Å². The Morgan fingerprint density at radius 1 is 1.16 bits per heavy atom. The highest BCUT2D eigenvalue weighted by atomic mass is 16.5. The summed E-state index contributed by atoms with van der Waals surface area (Å²) < 4.78 is 5.46. The Morgan fingerprint density at radius 2 is 1.89 bits per heavy atom. The molecule has 1 amide bonds. The number of benzene rings is 2. The van der Waals surface area contributed by atoms with Crippen molar-refractivity contribution in [3.05, 3.63) is 65.7 Å². The third kappa shape index (κ3) is 3.56. The Kier molecular flexibility index (Phi) is 4.15. The van der Waals surface area contributed by atoms with Gasteiger partial charge < -0.3 is 15.6 Å². The topological polar surface area (TPSA) is 72.6 Å². The van der Waals surface area contributed by atoms with Gasteiger partial charge in [-0.3, -0.25) is 4.79 Å². The van der Waals surface area contributed by atoms with Crippen LogP contribution < -0.4 is 10.5 Å². The molecule has 98 valence electrons. The van der Waals surface area contributed by atoms with Crippen molar-refractivity contribution < 1.29 is 14.6 Å². The lowest BCUT2D eigenvalue weighted by Gasteiger charge is -2.12. The Bertz CT molecular complexity index is 554. The van der Waals surface area contributed by atoms with E-state index in [9.17, 15) is 9.90 Å². The van der Waals surface area contributed by atoms with Gasteiger partial charge in [-0.25, -0.2) is 0 Å². The molecule has 0 saturated heterocycles. The molecule has 0 aliphatic heterocycles. The third-order valence-electron chi connectivity index (χ3n) is 2.71. The SMILES string of the molecule is NC(=O)c1cccc(OCC(O)c2ccccc2)c1. The Labute approximate surface area is 111 Å². The van der Waals surface area contributed by atoms with Gasteiger partial charge in [0.15, 0.2) is 0 Å². The lowest BCUT2D eigenvalue weighted by Crippen LogP contribution is -2.12.